The fourth-order valence-corrected chi connectivity index (χ4v) is 2.72. The minimum absolute atomic E-state index is 0.0305. The van der Waals surface area contributed by atoms with E-state index in [4.69, 9.17) is 4.74 Å². The summed E-state index contributed by atoms with van der Waals surface area (Å²) in [5, 5.41) is 5.29. The van der Waals surface area contributed by atoms with Crippen LogP contribution in [0.2, 0.25) is 0 Å². The Labute approximate surface area is 180 Å². The maximum Gasteiger partial charge on any atom is 0.422 e. The largest absolute Gasteiger partial charge is 0.484 e. The summed E-state index contributed by atoms with van der Waals surface area (Å²) in [5.74, 6) is -0.726. The van der Waals surface area contributed by atoms with Gasteiger partial charge in [-0.05, 0) is 47.7 Å². The average molecular weight is 436 g/mol. The SMILES string of the molecule is CC(NC(=O)c1ccc(C(C)(C)C)cc1)C(=O)NCc1cccc(OCC(F)(F)F)c1. The smallest absolute Gasteiger partial charge is 0.422 e. The molecule has 0 saturated carbocycles. The number of carbonyl (C=O) groups is 2. The van der Waals surface area contributed by atoms with E-state index < -0.39 is 24.7 Å². The second-order valence-electron chi connectivity index (χ2n) is 8.29. The van der Waals surface area contributed by atoms with Gasteiger partial charge >= 0.3 is 6.18 Å². The van der Waals surface area contributed by atoms with Crippen LogP contribution >= 0.6 is 0 Å². The molecule has 0 aliphatic rings. The number of carbonyl (C=O) groups excluding carboxylic acids is 2. The summed E-state index contributed by atoms with van der Waals surface area (Å²) in [6, 6.07) is 12.4. The van der Waals surface area contributed by atoms with Crippen LogP contribution < -0.4 is 15.4 Å². The lowest BCUT2D eigenvalue weighted by atomic mass is 9.86. The van der Waals surface area contributed by atoms with Gasteiger partial charge in [-0.25, -0.2) is 0 Å². The summed E-state index contributed by atoms with van der Waals surface area (Å²) in [5.41, 5.74) is 2.08. The van der Waals surface area contributed by atoms with Crippen LogP contribution in [0.4, 0.5) is 13.2 Å². The highest BCUT2D eigenvalue weighted by Gasteiger charge is 2.28. The Morgan fingerprint density at radius 1 is 1.03 bits per heavy atom. The number of ether oxygens (including phenoxy) is 1. The van der Waals surface area contributed by atoms with Crippen molar-refractivity contribution in [2.75, 3.05) is 6.61 Å². The molecule has 0 heterocycles. The van der Waals surface area contributed by atoms with Crippen LogP contribution in [0.5, 0.6) is 5.75 Å². The van der Waals surface area contributed by atoms with Crippen molar-refractivity contribution in [3.8, 4) is 5.75 Å². The van der Waals surface area contributed by atoms with Gasteiger partial charge < -0.3 is 15.4 Å². The summed E-state index contributed by atoms with van der Waals surface area (Å²) in [6.45, 7) is 6.48. The molecule has 0 aliphatic carbocycles. The lowest BCUT2D eigenvalue weighted by Crippen LogP contribution is -2.44. The van der Waals surface area contributed by atoms with Gasteiger partial charge in [-0.1, -0.05) is 45.0 Å². The first-order chi connectivity index (χ1) is 14.3. The van der Waals surface area contributed by atoms with E-state index in [9.17, 15) is 22.8 Å². The van der Waals surface area contributed by atoms with Crippen LogP contribution in [-0.2, 0) is 16.8 Å². The van der Waals surface area contributed by atoms with Crippen LogP contribution in [0.1, 0.15) is 49.2 Å². The second-order valence-corrected chi connectivity index (χ2v) is 8.29. The number of halogens is 3. The Morgan fingerprint density at radius 2 is 1.68 bits per heavy atom. The van der Waals surface area contributed by atoms with Crippen molar-refractivity contribution < 1.29 is 27.5 Å². The summed E-state index contributed by atoms with van der Waals surface area (Å²) in [6.07, 6.45) is -4.43. The zero-order chi connectivity index (χ0) is 23.2. The minimum Gasteiger partial charge on any atom is -0.484 e. The molecule has 1 atom stereocenters. The van der Waals surface area contributed by atoms with Gasteiger partial charge in [0.05, 0.1) is 0 Å². The van der Waals surface area contributed by atoms with Gasteiger partial charge in [-0.2, -0.15) is 13.2 Å². The summed E-state index contributed by atoms with van der Waals surface area (Å²) < 4.78 is 41.5. The number of alkyl halides is 3. The molecule has 0 radical (unpaired) electrons. The van der Waals surface area contributed by atoms with E-state index in [0.717, 1.165) is 5.56 Å². The van der Waals surface area contributed by atoms with Crippen LogP contribution in [0, 0.1) is 0 Å². The average Bonchev–Trinajstić information content (AvgIpc) is 2.69. The van der Waals surface area contributed by atoms with Crippen molar-refractivity contribution in [3.05, 3.63) is 65.2 Å². The number of benzene rings is 2. The molecule has 8 heteroatoms. The van der Waals surface area contributed by atoms with E-state index in [1.165, 1.54) is 12.1 Å². The lowest BCUT2D eigenvalue weighted by molar-refractivity contribution is -0.153. The molecule has 2 N–H and O–H groups in total. The molecule has 0 spiro atoms. The van der Waals surface area contributed by atoms with Crippen LogP contribution in [0.15, 0.2) is 48.5 Å². The number of amides is 2. The summed E-state index contributed by atoms with van der Waals surface area (Å²) in [7, 11) is 0. The van der Waals surface area contributed by atoms with Gasteiger partial charge in [-0.15, -0.1) is 0 Å². The monoisotopic (exact) mass is 436 g/mol. The summed E-state index contributed by atoms with van der Waals surface area (Å²) >= 11 is 0. The molecule has 2 amide bonds. The van der Waals surface area contributed by atoms with E-state index >= 15 is 0 Å². The molecule has 31 heavy (non-hydrogen) atoms. The van der Waals surface area contributed by atoms with Gasteiger partial charge in [-0.3, -0.25) is 9.59 Å². The molecular formula is C23H27F3N2O3. The topological polar surface area (TPSA) is 67.4 Å². The molecule has 0 aliphatic heterocycles. The molecular weight excluding hydrogens is 409 g/mol. The third-order valence-corrected chi connectivity index (χ3v) is 4.52. The van der Waals surface area contributed by atoms with E-state index in [1.807, 2.05) is 12.1 Å². The number of hydrogen-bond acceptors (Lipinski definition) is 3. The van der Waals surface area contributed by atoms with E-state index in [1.54, 1.807) is 31.2 Å². The van der Waals surface area contributed by atoms with Crippen LogP contribution in [0.3, 0.4) is 0 Å². The fraction of sp³-hybridized carbons (Fsp3) is 0.391. The molecule has 0 fully saturated rings. The van der Waals surface area contributed by atoms with Crippen molar-refractivity contribution in [1.82, 2.24) is 10.6 Å². The predicted molar refractivity (Wildman–Crippen MR) is 112 cm³/mol. The lowest BCUT2D eigenvalue weighted by Gasteiger charge is -2.19. The maximum absolute atomic E-state index is 12.4. The molecule has 2 rings (SSSR count). The number of nitrogens with one attached hydrogen (secondary N) is 2. The Kier molecular flexibility index (Phi) is 7.70. The Hall–Kier alpha value is -3.03. The van der Waals surface area contributed by atoms with Gasteiger partial charge in [0.1, 0.15) is 11.8 Å². The Morgan fingerprint density at radius 3 is 2.26 bits per heavy atom. The zero-order valence-electron chi connectivity index (χ0n) is 18.0. The zero-order valence-corrected chi connectivity index (χ0v) is 18.0. The van der Waals surface area contributed by atoms with E-state index in [0.29, 0.717) is 11.1 Å². The third kappa shape index (κ3) is 7.96. The third-order valence-electron chi connectivity index (χ3n) is 4.52. The van der Waals surface area contributed by atoms with Crippen molar-refractivity contribution in [3.63, 3.8) is 0 Å². The highest BCUT2D eigenvalue weighted by molar-refractivity contribution is 5.97. The first kappa shape index (κ1) is 24.2. The van der Waals surface area contributed by atoms with Crippen molar-refractivity contribution >= 4 is 11.8 Å². The Balaban J connectivity index is 1.88. The first-order valence-electron chi connectivity index (χ1n) is 9.83. The van der Waals surface area contributed by atoms with Crippen molar-refractivity contribution in [1.29, 1.82) is 0 Å². The molecule has 1 unspecified atom stereocenters. The number of hydrogen-bond donors (Lipinski definition) is 2. The molecule has 0 saturated heterocycles. The van der Waals surface area contributed by atoms with Gasteiger partial charge in [0.25, 0.3) is 5.91 Å². The minimum atomic E-state index is -4.43. The van der Waals surface area contributed by atoms with Crippen LogP contribution in [-0.4, -0.2) is 30.6 Å². The molecule has 5 nitrogen and oxygen atoms in total. The maximum atomic E-state index is 12.4. The van der Waals surface area contributed by atoms with Gasteiger partial charge in [0.15, 0.2) is 6.61 Å². The second kappa shape index (κ2) is 9.85. The fourth-order valence-electron chi connectivity index (χ4n) is 2.72. The summed E-state index contributed by atoms with van der Waals surface area (Å²) in [4.78, 5) is 24.7. The van der Waals surface area contributed by atoms with E-state index in [2.05, 4.69) is 31.4 Å². The highest BCUT2D eigenvalue weighted by Crippen LogP contribution is 2.22. The first-order valence-corrected chi connectivity index (χ1v) is 9.83. The normalized spacial score (nSPS) is 12.7. The molecule has 2 aromatic carbocycles. The highest BCUT2D eigenvalue weighted by atomic mass is 19.4. The van der Waals surface area contributed by atoms with Crippen molar-refractivity contribution in [2.45, 2.75) is 51.9 Å². The van der Waals surface area contributed by atoms with Gasteiger partial charge in [0, 0.05) is 12.1 Å². The number of rotatable bonds is 7. The molecule has 2 aromatic rings. The van der Waals surface area contributed by atoms with Crippen LogP contribution in [0.25, 0.3) is 0 Å². The standard InChI is InChI=1S/C23H27F3N2O3/c1-15(28-21(30)17-8-10-18(11-9-17)22(2,3)4)20(29)27-13-16-6-5-7-19(12-16)31-14-23(24,25)26/h5-12,15H,13-14H2,1-4H3,(H,27,29)(H,28,30). The predicted octanol–water partition coefficient (Wildman–Crippen LogP) is 4.36. The molecule has 168 valence electrons. The Bertz CT molecular complexity index is 904. The quantitative estimate of drug-likeness (QED) is 0.678. The van der Waals surface area contributed by atoms with E-state index in [-0.39, 0.29) is 23.6 Å². The van der Waals surface area contributed by atoms with Gasteiger partial charge in [0.2, 0.25) is 5.91 Å². The molecule has 0 aromatic heterocycles. The molecule has 0 bridgehead atoms. The van der Waals surface area contributed by atoms with Crippen molar-refractivity contribution in [2.24, 2.45) is 0 Å².